The summed E-state index contributed by atoms with van der Waals surface area (Å²) in [6.45, 7) is 43.7. The number of esters is 1. The van der Waals surface area contributed by atoms with Crippen LogP contribution in [0.2, 0.25) is 36.3 Å². The molecule has 9 heteroatoms. The van der Waals surface area contributed by atoms with Gasteiger partial charge in [-0.2, -0.15) is 0 Å². The zero-order valence-electron chi connectivity index (χ0n) is 34.7. The maximum absolute atomic E-state index is 14.8. The van der Waals surface area contributed by atoms with Gasteiger partial charge in [-0.25, -0.2) is 4.98 Å². The smallest absolute Gasteiger partial charge is 0.309 e. The predicted molar refractivity (Wildman–Crippen MR) is 220 cm³/mol. The quantitative estimate of drug-likeness (QED) is 0.0797. The van der Waals surface area contributed by atoms with Crippen molar-refractivity contribution in [2.24, 2.45) is 17.3 Å². The van der Waals surface area contributed by atoms with E-state index in [4.69, 9.17) is 13.6 Å². The van der Waals surface area contributed by atoms with Crippen LogP contribution in [0.5, 0.6) is 0 Å². The normalized spacial score (nSPS) is 17.1. The number of rotatable bonds is 19. The second kappa shape index (κ2) is 18.2. The molecule has 0 aliphatic rings. The Hall–Kier alpha value is -1.92. The zero-order chi connectivity index (χ0) is 39.0. The topological polar surface area (TPSA) is 74.7 Å². The highest BCUT2D eigenvalue weighted by Crippen LogP contribution is 2.44. The fraction of sp³-hybridized carbons (Fsp3) is 0.683. The molecule has 0 aliphatic carbocycles. The van der Waals surface area contributed by atoms with E-state index in [0.717, 1.165) is 28.3 Å². The van der Waals surface area contributed by atoms with E-state index in [-0.39, 0.29) is 40.3 Å². The van der Waals surface area contributed by atoms with Gasteiger partial charge in [-0.1, -0.05) is 93.0 Å². The van der Waals surface area contributed by atoms with Crippen LogP contribution in [0.3, 0.4) is 0 Å². The third-order valence-corrected chi connectivity index (χ3v) is 20.8. The molecule has 0 radical (unpaired) electrons. The van der Waals surface area contributed by atoms with E-state index in [1.54, 1.807) is 11.3 Å². The van der Waals surface area contributed by atoms with Gasteiger partial charge in [-0.05, 0) is 81.0 Å². The Morgan fingerprint density at radius 3 is 1.92 bits per heavy atom. The molecule has 1 rings (SSSR count). The first kappa shape index (κ1) is 46.1. The van der Waals surface area contributed by atoms with Crippen LogP contribution in [0.25, 0.3) is 6.08 Å². The van der Waals surface area contributed by atoms with Crippen LogP contribution in [0, 0.1) is 24.2 Å². The number of ether oxygens (including phenoxy) is 1. The van der Waals surface area contributed by atoms with Crippen molar-refractivity contribution in [2.45, 2.75) is 164 Å². The van der Waals surface area contributed by atoms with Gasteiger partial charge in [0, 0.05) is 23.1 Å². The molecule has 0 saturated heterocycles. The van der Waals surface area contributed by atoms with Gasteiger partial charge in [-0.3, -0.25) is 9.59 Å². The second-order valence-corrected chi connectivity index (χ2v) is 28.4. The number of Topliss-reactive ketones (excluding diaryl/α,β-unsaturated/α-hetero) is 1. The molecule has 0 bridgehead atoms. The molecule has 0 aromatic carbocycles. The number of nitrogens with zero attached hydrogens (tertiary/aromatic N) is 1. The number of carbonyl (C=O) groups excluding carboxylic acids is 2. The maximum Gasteiger partial charge on any atom is 0.309 e. The average Bonchev–Trinajstić information content (AvgIpc) is 3.39. The first-order valence-corrected chi connectivity index (χ1v) is 24.9. The molecular formula is C41H71NO5SSi2. The van der Waals surface area contributed by atoms with Crippen molar-refractivity contribution in [3.05, 3.63) is 58.6 Å². The highest BCUT2D eigenvalue weighted by Gasteiger charge is 2.50. The summed E-state index contributed by atoms with van der Waals surface area (Å²) in [5, 5.41) is 2.83. The Kier molecular flexibility index (Phi) is 16.8. The lowest BCUT2D eigenvalue weighted by atomic mass is 9.73. The van der Waals surface area contributed by atoms with Gasteiger partial charge in [-0.15, -0.1) is 24.5 Å². The number of hydrogen-bond donors (Lipinski definition) is 0. The van der Waals surface area contributed by atoms with Crippen LogP contribution in [-0.4, -0.2) is 51.7 Å². The van der Waals surface area contributed by atoms with E-state index in [0.29, 0.717) is 6.42 Å². The van der Waals surface area contributed by atoms with Crippen molar-refractivity contribution in [3.63, 3.8) is 0 Å². The van der Waals surface area contributed by atoms with Crippen molar-refractivity contribution >= 4 is 45.8 Å². The first-order chi connectivity index (χ1) is 22.6. The molecule has 0 aliphatic heterocycles. The molecular weight excluding hydrogens is 675 g/mol. The van der Waals surface area contributed by atoms with E-state index in [1.165, 1.54) is 0 Å². The summed E-state index contributed by atoms with van der Waals surface area (Å²) in [5.74, 6) is -0.871. The average molecular weight is 746 g/mol. The van der Waals surface area contributed by atoms with Gasteiger partial charge in [0.05, 0.1) is 29.3 Å². The molecule has 6 nitrogen and oxygen atoms in total. The van der Waals surface area contributed by atoms with Crippen molar-refractivity contribution < 1.29 is 23.2 Å². The first-order valence-electron chi connectivity index (χ1n) is 18.2. The van der Waals surface area contributed by atoms with Crippen LogP contribution >= 0.6 is 11.3 Å². The van der Waals surface area contributed by atoms with Gasteiger partial charge >= 0.3 is 5.97 Å². The number of hydrogen-bond acceptors (Lipinski definition) is 7. The lowest BCUT2D eigenvalue weighted by Gasteiger charge is -2.46. The molecule has 0 unspecified atom stereocenters. The second-order valence-electron chi connectivity index (χ2n) is 17.8. The monoisotopic (exact) mass is 745 g/mol. The summed E-state index contributed by atoms with van der Waals surface area (Å²) < 4.78 is 20.3. The third kappa shape index (κ3) is 12.9. The lowest BCUT2D eigenvalue weighted by Crippen LogP contribution is -2.54. The highest BCUT2D eigenvalue weighted by molar-refractivity contribution is 7.09. The molecule has 0 N–H and O–H groups in total. The van der Waals surface area contributed by atoms with Gasteiger partial charge in [0.15, 0.2) is 16.6 Å². The standard InChI is InChI=1S/C41H71NO5SSi2/c1-20-22-23-28(3)24-34(30(5)25-33-27-48-32(7)42-33)45-36(43)26-35(46-49(16,17)39(8,9)10)41(14,15)38(44)31(6)37(29(4)21-2)47-50(18,19)40(11,12)13/h20-21,23,25,27,29,31,34-35,37H,1-2,22,24,26H2,3-19H3/b28-23+,30-25+/t29-,31+,34-,35-,37-/m0/s1. The molecule has 0 amide bonds. The fourth-order valence-corrected chi connectivity index (χ4v) is 8.74. The summed E-state index contributed by atoms with van der Waals surface area (Å²) in [4.78, 5) is 33.4. The van der Waals surface area contributed by atoms with Crippen LogP contribution in [-0.2, 0) is 23.2 Å². The van der Waals surface area contributed by atoms with Gasteiger partial charge in [0.2, 0.25) is 0 Å². The number of ketones is 1. The van der Waals surface area contributed by atoms with Crippen LogP contribution in [0.15, 0.2) is 47.9 Å². The fourth-order valence-electron chi connectivity index (χ4n) is 5.27. The lowest BCUT2D eigenvalue weighted by molar-refractivity contribution is -0.153. The Bertz CT molecular complexity index is 1380. The Balaban J connectivity index is 3.61. The van der Waals surface area contributed by atoms with Gasteiger partial charge in [0.1, 0.15) is 11.9 Å². The largest absolute Gasteiger partial charge is 0.457 e. The van der Waals surface area contributed by atoms with Crippen molar-refractivity contribution in [3.8, 4) is 0 Å². The Morgan fingerprint density at radius 1 is 0.920 bits per heavy atom. The SMILES string of the molecule is C=CC/C=C(\C)C[C@H](OC(=O)C[C@H](O[Si](C)(C)C(C)(C)C)C(C)(C)C(=O)[C@H](C)[C@@H](O[Si](C)(C)C(C)(C)C)[C@@H](C)C=C)/C(C)=C/c1csc(C)n1. The minimum Gasteiger partial charge on any atom is -0.457 e. The third-order valence-electron chi connectivity index (χ3n) is 11.0. The molecule has 50 heavy (non-hydrogen) atoms. The van der Waals surface area contributed by atoms with E-state index < -0.39 is 40.2 Å². The summed E-state index contributed by atoms with van der Waals surface area (Å²) in [6.07, 6.45) is 7.53. The molecule has 1 heterocycles. The molecule has 284 valence electrons. The molecule has 1 aromatic rings. The van der Waals surface area contributed by atoms with E-state index >= 15 is 0 Å². The molecule has 5 atom stereocenters. The van der Waals surface area contributed by atoms with E-state index in [1.807, 2.05) is 65.2 Å². The summed E-state index contributed by atoms with van der Waals surface area (Å²) >= 11 is 1.59. The predicted octanol–water partition coefficient (Wildman–Crippen LogP) is 11.9. The van der Waals surface area contributed by atoms with Gasteiger partial charge in [0.25, 0.3) is 0 Å². The summed E-state index contributed by atoms with van der Waals surface area (Å²) in [6, 6.07) is 0. The highest BCUT2D eigenvalue weighted by atomic mass is 32.1. The Labute approximate surface area is 312 Å². The van der Waals surface area contributed by atoms with Crippen LogP contribution in [0.4, 0.5) is 0 Å². The van der Waals surface area contributed by atoms with E-state index in [9.17, 15) is 9.59 Å². The van der Waals surface area contributed by atoms with Crippen LogP contribution < -0.4 is 0 Å². The molecule has 0 saturated carbocycles. The number of carbonyl (C=O) groups is 2. The zero-order valence-corrected chi connectivity index (χ0v) is 37.5. The minimum atomic E-state index is -2.43. The molecule has 0 spiro atoms. The van der Waals surface area contributed by atoms with Crippen molar-refractivity contribution in [1.82, 2.24) is 4.98 Å². The molecule has 1 aromatic heterocycles. The number of thiazole rings is 1. The number of aromatic nitrogens is 1. The van der Waals surface area contributed by atoms with Gasteiger partial charge < -0.3 is 13.6 Å². The van der Waals surface area contributed by atoms with Crippen molar-refractivity contribution in [2.75, 3.05) is 0 Å². The number of allylic oxidation sites excluding steroid dienone is 2. The minimum absolute atomic E-state index is 0.0150. The van der Waals surface area contributed by atoms with Crippen molar-refractivity contribution in [1.29, 1.82) is 0 Å². The summed E-state index contributed by atoms with van der Waals surface area (Å²) in [7, 11) is -4.66. The van der Waals surface area contributed by atoms with E-state index in [2.05, 4.69) is 98.9 Å². The number of aryl methyl sites for hydroxylation is 1. The summed E-state index contributed by atoms with van der Waals surface area (Å²) in [5.41, 5.74) is 1.85. The maximum atomic E-state index is 14.8. The Morgan fingerprint density at radius 2 is 1.46 bits per heavy atom. The molecule has 0 fully saturated rings. The van der Waals surface area contributed by atoms with Crippen LogP contribution in [0.1, 0.15) is 113 Å².